The van der Waals surface area contributed by atoms with Crippen molar-refractivity contribution in [1.29, 1.82) is 15.8 Å². The van der Waals surface area contributed by atoms with Crippen LogP contribution >= 0.6 is 0 Å². The van der Waals surface area contributed by atoms with Gasteiger partial charge in [-0.05, 0) is 16.7 Å². The maximum Gasteiger partial charge on any atom is 0.410 e. The Bertz CT molecular complexity index is 1400. The fraction of sp³-hybridized carbons (Fsp3) is 0.231. The molecule has 2 aromatic carbocycles. The third-order valence-electron chi connectivity index (χ3n) is 6.57. The van der Waals surface area contributed by atoms with Gasteiger partial charge in [0.05, 0.1) is 28.3 Å². The van der Waals surface area contributed by atoms with Gasteiger partial charge in [-0.2, -0.15) is 15.8 Å². The number of ether oxygens (including phenoxy) is 1. The number of carbonyl (C=O) groups excluding carboxylic acids is 1. The van der Waals surface area contributed by atoms with Crippen LogP contribution in [0.2, 0.25) is 0 Å². The minimum Gasteiger partial charge on any atom is -0.445 e. The number of non-ortho nitro benzene ring substituents is 1. The van der Waals surface area contributed by atoms with Crippen molar-refractivity contribution in [3.63, 3.8) is 0 Å². The zero-order valence-corrected chi connectivity index (χ0v) is 19.0. The van der Waals surface area contributed by atoms with E-state index in [1.54, 1.807) is 12.1 Å². The highest BCUT2D eigenvalue weighted by molar-refractivity contribution is 5.69. The average molecular weight is 480 g/mol. The normalized spacial score (nSPS) is 20.1. The molecule has 1 heterocycles. The molecule has 36 heavy (non-hydrogen) atoms. The van der Waals surface area contributed by atoms with Gasteiger partial charge in [-0.25, -0.2) is 4.79 Å². The second kappa shape index (κ2) is 9.61. The van der Waals surface area contributed by atoms with Crippen molar-refractivity contribution in [2.75, 3.05) is 13.1 Å². The second-order valence-electron chi connectivity index (χ2n) is 8.47. The van der Waals surface area contributed by atoms with Crippen LogP contribution in [0.1, 0.15) is 17.0 Å². The van der Waals surface area contributed by atoms with E-state index in [9.17, 15) is 30.7 Å². The number of rotatable bonds is 4. The van der Waals surface area contributed by atoms with Crippen molar-refractivity contribution >= 4 is 11.8 Å². The van der Waals surface area contributed by atoms with Crippen molar-refractivity contribution in [3.8, 4) is 18.2 Å². The third-order valence-corrected chi connectivity index (χ3v) is 6.57. The van der Waals surface area contributed by atoms with Crippen molar-refractivity contribution in [1.82, 2.24) is 4.90 Å². The van der Waals surface area contributed by atoms with E-state index in [2.05, 4.69) is 0 Å². The predicted molar refractivity (Wildman–Crippen MR) is 126 cm³/mol. The molecule has 10 nitrogen and oxygen atoms in total. The van der Waals surface area contributed by atoms with E-state index >= 15 is 0 Å². The summed E-state index contributed by atoms with van der Waals surface area (Å²) in [5, 5.41) is 41.6. The maximum absolute atomic E-state index is 12.9. The van der Waals surface area contributed by atoms with Gasteiger partial charge in [-0.1, -0.05) is 48.5 Å². The Morgan fingerprint density at radius 3 is 2.53 bits per heavy atom. The lowest BCUT2D eigenvalue weighted by Crippen LogP contribution is -2.49. The molecule has 10 heteroatoms. The van der Waals surface area contributed by atoms with Crippen LogP contribution in [-0.4, -0.2) is 29.0 Å². The molecule has 2 N–H and O–H groups in total. The predicted octanol–water partition coefficient (Wildman–Crippen LogP) is 3.66. The monoisotopic (exact) mass is 480 g/mol. The highest BCUT2D eigenvalue weighted by atomic mass is 16.6. The average Bonchev–Trinajstić information content (AvgIpc) is 2.91. The SMILES string of the molecule is N#CC1=C(N)C(C#N)(C#N)C(c2cccc([N+](=O)[O-])c2)C2CN(C(=O)OCc3ccccc3)CC=C12. The third kappa shape index (κ3) is 4.00. The molecule has 0 fully saturated rings. The molecule has 0 bridgehead atoms. The summed E-state index contributed by atoms with van der Waals surface area (Å²) in [7, 11) is 0. The summed E-state index contributed by atoms with van der Waals surface area (Å²) in [5.74, 6) is -1.67. The molecule has 2 aromatic rings. The molecule has 178 valence electrons. The summed E-state index contributed by atoms with van der Waals surface area (Å²) < 4.78 is 5.45. The standard InChI is InChI=1S/C26H20N6O4/c27-12-21-20-9-10-31(25(33)36-14-17-5-2-1-3-6-17)13-22(20)23(26(15-28,16-29)24(21)30)18-7-4-8-19(11-18)32(34)35/h1-9,11,22-23H,10,13-14,30H2. The van der Waals surface area contributed by atoms with Gasteiger partial charge in [0.15, 0.2) is 5.41 Å². The summed E-state index contributed by atoms with van der Waals surface area (Å²) in [4.78, 5) is 25.2. The van der Waals surface area contributed by atoms with E-state index in [1.807, 2.05) is 48.5 Å². The Labute approximate surface area is 206 Å². The van der Waals surface area contributed by atoms with Crippen molar-refractivity contribution in [2.45, 2.75) is 12.5 Å². The number of benzene rings is 2. The minimum absolute atomic E-state index is 0.0158. The number of nitro groups is 1. The van der Waals surface area contributed by atoms with E-state index in [4.69, 9.17) is 10.5 Å². The van der Waals surface area contributed by atoms with Crippen LogP contribution in [0.25, 0.3) is 0 Å². The lowest BCUT2D eigenvalue weighted by molar-refractivity contribution is -0.384. The van der Waals surface area contributed by atoms with Crippen LogP contribution in [0.15, 0.2) is 77.5 Å². The highest BCUT2D eigenvalue weighted by Gasteiger charge is 2.55. The first-order valence-corrected chi connectivity index (χ1v) is 11.0. The number of nitriles is 3. The molecule has 2 aliphatic rings. The van der Waals surface area contributed by atoms with Gasteiger partial charge in [0.1, 0.15) is 12.7 Å². The largest absolute Gasteiger partial charge is 0.445 e. The highest BCUT2D eigenvalue weighted by Crippen LogP contribution is 2.54. The molecule has 0 saturated carbocycles. The van der Waals surface area contributed by atoms with Crippen LogP contribution < -0.4 is 5.73 Å². The van der Waals surface area contributed by atoms with Gasteiger partial charge in [0.2, 0.25) is 0 Å². The summed E-state index contributed by atoms with van der Waals surface area (Å²) in [5.41, 5.74) is 5.53. The van der Waals surface area contributed by atoms with Crippen LogP contribution in [-0.2, 0) is 11.3 Å². The van der Waals surface area contributed by atoms with Gasteiger partial charge >= 0.3 is 6.09 Å². The Hall–Kier alpha value is -5.14. The van der Waals surface area contributed by atoms with Crippen molar-refractivity contribution in [2.24, 2.45) is 17.1 Å². The number of nitrogens with two attached hydrogens (primary N) is 1. The molecule has 0 radical (unpaired) electrons. The number of carbonyl (C=O) groups is 1. The number of nitro benzene ring substituents is 1. The van der Waals surface area contributed by atoms with Crippen molar-refractivity contribution in [3.05, 3.63) is 98.8 Å². The van der Waals surface area contributed by atoms with Gasteiger partial charge < -0.3 is 15.4 Å². The number of allylic oxidation sites excluding steroid dienone is 2. The molecule has 1 amide bonds. The van der Waals surface area contributed by atoms with Crippen LogP contribution in [0, 0.1) is 55.4 Å². The molecule has 2 unspecified atom stereocenters. The van der Waals surface area contributed by atoms with Crippen LogP contribution in [0.3, 0.4) is 0 Å². The van der Waals surface area contributed by atoms with E-state index in [-0.39, 0.29) is 36.7 Å². The Balaban J connectivity index is 1.76. The quantitative estimate of drug-likeness (QED) is 0.510. The Morgan fingerprint density at radius 1 is 1.17 bits per heavy atom. The van der Waals surface area contributed by atoms with Crippen LogP contribution in [0.4, 0.5) is 10.5 Å². The Kier molecular flexibility index (Phi) is 6.41. The summed E-state index contributed by atoms with van der Waals surface area (Å²) >= 11 is 0. The molecule has 0 saturated heterocycles. The topological polar surface area (TPSA) is 170 Å². The molecule has 1 aliphatic heterocycles. The summed E-state index contributed by atoms with van der Waals surface area (Å²) in [6.07, 6.45) is 1.05. The van der Waals surface area contributed by atoms with Gasteiger partial charge in [-0.3, -0.25) is 10.1 Å². The maximum atomic E-state index is 12.9. The fourth-order valence-corrected chi connectivity index (χ4v) is 4.85. The van der Waals surface area contributed by atoms with Crippen LogP contribution in [0.5, 0.6) is 0 Å². The van der Waals surface area contributed by atoms with Gasteiger partial charge in [0.25, 0.3) is 5.69 Å². The van der Waals surface area contributed by atoms with E-state index < -0.39 is 28.3 Å². The summed E-state index contributed by atoms with van der Waals surface area (Å²) in [6.45, 7) is 0.213. The van der Waals surface area contributed by atoms with E-state index in [1.165, 1.54) is 23.1 Å². The molecule has 0 aromatic heterocycles. The molecular weight excluding hydrogens is 460 g/mol. The Morgan fingerprint density at radius 2 is 1.89 bits per heavy atom. The molecule has 1 aliphatic carbocycles. The fourth-order valence-electron chi connectivity index (χ4n) is 4.85. The summed E-state index contributed by atoms with van der Waals surface area (Å²) in [6, 6.07) is 20.7. The first-order valence-electron chi connectivity index (χ1n) is 11.0. The lowest BCUT2D eigenvalue weighted by Gasteiger charge is -2.45. The lowest BCUT2D eigenvalue weighted by atomic mass is 9.58. The molecular formula is C26H20N6O4. The van der Waals surface area contributed by atoms with Crippen molar-refractivity contribution < 1.29 is 14.5 Å². The van der Waals surface area contributed by atoms with Gasteiger partial charge in [-0.15, -0.1) is 0 Å². The molecule has 4 rings (SSSR count). The number of hydrogen-bond acceptors (Lipinski definition) is 8. The van der Waals surface area contributed by atoms with E-state index in [0.717, 1.165) is 5.56 Å². The first-order chi connectivity index (χ1) is 17.4. The first kappa shape index (κ1) is 24.0. The number of fused-ring (bicyclic) bond motifs is 1. The zero-order chi connectivity index (χ0) is 25.9. The number of amides is 1. The zero-order valence-electron chi connectivity index (χ0n) is 19.0. The van der Waals surface area contributed by atoms with E-state index in [0.29, 0.717) is 11.1 Å². The number of hydrogen-bond donors (Lipinski definition) is 1. The molecule has 0 spiro atoms. The second-order valence-corrected chi connectivity index (χ2v) is 8.47. The number of nitrogens with zero attached hydrogens (tertiary/aromatic N) is 5. The molecule has 2 atom stereocenters. The minimum atomic E-state index is -1.97. The smallest absolute Gasteiger partial charge is 0.410 e. The van der Waals surface area contributed by atoms with Gasteiger partial charge in [0, 0.05) is 37.1 Å².